The highest BCUT2D eigenvalue weighted by Gasteiger charge is 2.20. The van der Waals surface area contributed by atoms with E-state index in [-0.39, 0.29) is 0 Å². The fraction of sp³-hybridized carbons (Fsp3) is 0.583. The van der Waals surface area contributed by atoms with E-state index in [1.807, 2.05) is 32.8 Å². The summed E-state index contributed by atoms with van der Waals surface area (Å²) in [6.07, 6.45) is 0. The summed E-state index contributed by atoms with van der Waals surface area (Å²) >= 11 is 0. The van der Waals surface area contributed by atoms with Crippen LogP contribution in [0.5, 0.6) is 0 Å². The van der Waals surface area contributed by atoms with Crippen LogP contribution in [0.4, 0.5) is 0 Å². The first kappa shape index (κ1) is 13.6. The maximum Gasteiger partial charge on any atom is 0.310 e. The van der Waals surface area contributed by atoms with Gasteiger partial charge in [-0.3, -0.25) is 4.79 Å². The van der Waals surface area contributed by atoms with Crippen LogP contribution in [-0.4, -0.2) is 40.0 Å². The van der Waals surface area contributed by atoms with Crippen molar-refractivity contribution in [3.63, 3.8) is 0 Å². The maximum absolute atomic E-state index is 11.0. The third kappa shape index (κ3) is 3.23. The number of aliphatic carboxylic acids is 1. The second-order valence-electron chi connectivity index (χ2n) is 4.52. The van der Waals surface area contributed by atoms with Gasteiger partial charge in [-0.1, -0.05) is 0 Å². The first-order chi connectivity index (χ1) is 7.82. The summed E-state index contributed by atoms with van der Waals surface area (Å²) in [7, 11) is 3.89. The smallest absolute Gasteiger partial charge is 0.310 e. The lowest BCUT2D eigenvalue weighted by Gasteiger charge is -2.15. The first-order valence-corrected chi connectivity index (χ1v) is 5.54. The molecule has 0 fully saturated rings. The normalized spacial score (nSPS) is 12.8. The van der Waals surface area contributed by atoms with E-state index in [1.54, 1.807) is 6.92 Å². The third-order valence-electron chi connectivity index (χ3n) is 2.63. The molecule has 5 nitrogen and oxygen atoms in total. The van der Waals surface area contributed by atoms with Crippen LogP contribution in [0.15, 0.2) is 0 Å². The number of hydrogen-bond donors (Lipinski definition) is 1. The Kier molecular flexibility index (Phi) is 4.17. The second kappa shape index (κ2) is 5.23. The largest absolute Gasteiger partial charge is 0.481 e. The molecule has 0 spiro atoms. The van der Waals surface area contributed by atoms with Crippen LogP contribution in [0.2, 0.25) is 0 Å². The highest BCUT2D eigenvalue weighted by Crippen LogP contribution is 2.21. The molecule has 0 aromatic carbocycles. The molecule has 1 rings (SSSR count). The summed E-state index contributed by atoms with van der Waals surface area (Å²) in [5.74, 6) is -0.685. The van der Waals surface area contributed by atoms with Gasteiger partial charge in [0.2, 0.25) is 0 Å². The van der Waals surface area contributed by atoms with E-state index in [1.165, 1.54) is 0 Å². The topological polar surface area (TPSA) is 66.3 Å². The molecule has 0 amide bonds. The van der Waals surface area contributed by atoms with Crippen LogP contribution in [0.1, 0.15) is 35.6 Å². The van der Waals surface area contributed by atoms with Gasteiger partial charge in [-0.05, 0) is 34.9 Å². The van der Waals surface area contributed by atoms with Crippen molar-refractivity contribution in [2.75, 3.05) is 14.1 Å². The van der Waals surface area contributed by atoms with E-state index in [2.05, 4.69) is 9.97 Å². The van der Waals surface area contributed by atoms with Gasteiger partial charge in [-0.25, -0.2) is 9.97 Å². The van der Waals surface area contributed by atoms with Gasteiger partial charge in [0.15, 0.2) is 0 Å². The molecule has 0 aliphatic heterocycles. The number of carbonyl (C=O) groups is 1. The molecule has 94 valence electrons. The van der Waals surface area contributed by atoms with Gasteiger partial charge in [0.25, 0.3) is 0 Å². The summed E-state index contributed by atoms with van der Waals surface area (Å²) in [6.45, 7) is 5.99. The molecule has 0 saturated carbocycles. The van der Waals surface area contributed by atoms with Crippen LogP contribution in [0.3, 0.4) is 0 Å². The summed E-state index contributed by atoms with van der Waals surface area (Å²) < 4.78 is 0. The molecular weight excluding hydrogens is 218 g/mol. The Balaban J connectivity index is 3.14. The number of carboxylic acid groups (broad SMARTS) is 1. The molecule has 1 N–H and O–H groups in total. The molecule has 1 aromatic heterocycles. The van der Waals surface area contributed by atoms with Gasteiger partial charge in [-0.2, -0.15) is 0 Å². The minimum atomic E-state index is -0.847. The van der Waals surface area contributed by atoms with Crippen molar-refractivity contribution in [1.29, 1.82) is 0 Å². The number of aromatic nitrogens is 2. The Bertz CT molecular complexity index is 407. The quantitative estimate of drug-likeness (QED) is 0.856. The van der Waals surface area contributed by atoms with E-state index < -0.39 is 11.9 Å². The summed E-state index contributed by atoms with van der Waals surface area (Å²) in [4.78, 5) is 21.7. The highest BCUT2D eigenvalue weighted by molar-refractivity contribution is 5.76. The number of rotatable bonds is 4. The van der Waals surface area contributed by atoms with Crippen LogP contribution in [0.25, 0.3) is 0 Å². The maximum atomic E-state index is 11.0. The summed E-state index contributed by atoms with van der Waals surface area (Å²) in [5.41, 5.74) is 2.23. The summed E-state index contributed by atoms with van der Waals surface area (Å²) in [5, 5.41) is 9.04. The zero-order valence-corrected chi connectivity index (χ0v) is 11.0. The van der Waals surface area contributed by atoms with Gasteiger partial charge >= 0.3 is 5.97 Å². The second-order valence-corrected chi connectivity index (χ2v) is 4.52. The van der Waals surface area contributed by atoms with E-state index in [4.69, 9.17) is 5.11 Å². The summed E-state index contributed by atoms with van der Waals surface area (Å²) in [6, 6.07) is 0. The molecule has 1 heterocycles. The number of hydrogen-bond acceptors (Lipinski definition) is 4. The average Bonchev–Trinajstić information content (AvgIpc) is 2.14. The van der Waals surface area contributed by atoms with Crippen molar-refractivity contribution in [2.24, 2.45) is 0 Å². The molecule has 0 radical (unpaired) electrons. The predicted molar refractivity (Wildman–Crippen MR) is 64.9 cm³/mol. The molecular formula is C12H19N3O2. The van der Waals surface area contributed by atoms with E-state index in [0.717, 1.165) is 22.8 Å². The van der Waals surface area contributed by atoms with Crippen molar-refractivity contribution in [3.8, 4) is 0 Å². The molecule has 5 heteroatoms. The van der Waals surface area contributed by atoms with Crippen molar-refractivity contribution in [1.82, 2.24) is 14.9 Å². The fourth-order valence-electron chi connectivity index (χ4n) is 1.90. The molecule has 1 atom stereocenters. The molecule has 0 aliphatic carbocycles. The third-order valence-corrected chi connectivity index (χ3v) is 2.63. The standard InChI is InChI=1S/C12H19N3O2/c1-7(12(16)17)11-8(2)13-10(6-15(4)5)14-9(11)3/h7H,6H2,1-5H3,(H,16,17). The number of aryl methyl sites for hydroxylation is 2. The van der Waals surface area contributed by atoms with Gasteiger partial charge in [-0.15, -0.1) is 0 Å². The van der Waals surface area contributed by atoms with E-state index in [9.17, 15) is 4.79 Å². The zero-order chi connectivity index (χ0) is 13.2. The molecule has 17 heavy (non-hydrogen) atoms. The Morgan fingerprint density at radius 1 is 1.29 bits per heavy atom. The highest BCUT2D eigenvalue weighted by atomic mass is 16.4. The zero-order valence-electron chi connectivity index (χ0n) is 11.0. The molecule has 0 bridgehead atoms. The van der Waals surface area contributed by atoms with Crippen molar-refractivity contribution in [3.05, 3.63) is 22.8 Å². The lowest BCUT2D eigenvalue weighted by Crippen LogP contribution is -2.18. The Hall–Kier alpha value is -1.49. The van der Waals surface area contributed by atoms with Crippen LogP contribution in [0, 0.1) is 13.8 Å². The Labute approximate surface area is 102 Å². The van der Waals surface area contributed by atoms with Gasteiger partial charge < -0.3 is 10.0 Å². The van der Waals surface area contributed by atoms with E-state index >= 15 is 0 Å². The molecule has 1 aromatic rings. The van der Waals surface area contributed by atoms with Crippen LogP contribution >= 0.6 is 0 Å². The lowest BCUT2D eigenvalue weighted by atomic mass is 9.98. The number of nitrogens with zero attached hydrogens (tertiary/aromatic N) is 3. The lowest BCUT2D eigenvalue weighted by molar-refractivity contribution is -0.138. The first-order valence-electron chi connectivity index (χ1n) is 5.54. The minimum Gasteiger partial charge on any atom is -0.481 e. The SMILES string of the molecule is Cc1nc(CN(C)C)nc(C)c1C(C)C(=O)O. The van der Waals surface area contributed by atoms with Crippen molar-refractivity contribution < 1.29 is 9.90 Å². The van der Waals surface area contributed by atoms with Crippen LogP contribution < -0.4 is 0 Å². The fourth-order valence-corrected chi connectivity index (χ4v) is 1.90. The monoisotopic (exact) mass is 237 g/mol. The predicted octanol–water partition coefficient (Wildman–Crippen LogP) is 1.34. The van der Waals surface area contributed by atoms with E-state index in [0.29, 0.717) is 6.54 Å². The van der Waals surface area contributed by atoms with Crippen LogP contribution in [-0.2, 0) is 11.3 Å². The van der Waals surface area contributed by atoms with Gasteiger partial charge in [0.1, 0.15) is 5.82 Å². The van der Waals surface area contributed by atoms with Gasteiger partial charge in [0, 0.05) is 17.0 Å². The minimum absolute atomic E-state index is 0.566. The van der Waals surface area contributed by atoms with Crippen molar-refractivity contribution >= 4 is 5.97 Å². The Morgan fingerprint density at radius 2 is 1.76 bits per heavy atom. The van der Waals surface area contributed by atoms with Crippen molar-refractivity contribution in [2.45, 2.75) is 33.2 Å². The average molecular weight is 237 g/mol. The Morgan fingerprint density at radius 3 is 2.12 bits per heavy atom. The molecule has 0 saturated heterocycles. The van der Waals surface area contributed by atoms with Gasteiger partial charge in [0.05, 0.1) is 12.5 Å². The number of carboxylic acids is 1. The molecule has 1 unspecified atom stereocenters. The molecule has 0 aliphatic rings.